The number of pyridine rings is 1. The Hall–Kier alpha value is -2.47. The van der Waals surface area contributed by atoms with Gasteiger partial charge in [0.1, 0.15) is 0 Å². The number of nitrogens with zero attached hydrogens (tertiary/aromatic N) is 3. The minimum Gasteiger partial charge on any atom is -0.369 e. The molecule has 0 bridgehead atoms. The van der Waals surface area contributed by atoms with Crippen LogP contribution in [0.2, 0.25) is 5.02 Å². The number of carbonyl (C=O) groups is 1. The Bertz CT molecular complexity index is 854. The minimum absolute atomic E-state index is 0.119. The number of guanidine groups is 1. The lowest BCUT2D eigenvalue weighted by molar-refractivity contribution is -0.128. The van der Waals surface area contributed by atoms with Crippen LogP contribution in [0.4, 0.5) is 4.39 Å². The standard InChI is InChI=1S/C17H16ClFN4O/c1-17(8-14(24)23(2)16(20)22-17)11-5-3-4-10(6-11)13-7-12(18)9-21-15(13)19/h3-7,9H,8H2,1-2H3,(H2,20,22). The number of carbonyl (C=O) groups excluding carboxylic acids is 1. The van der Waals surface area contributed by atoms with Crippen LogP contribution < -0.4 is 5.73 Å². The summed E-state index contributed by atoms with van der Waals surface area (Å²) in [6.45, 7) is 1.83. The topological polar surface area (TPSA) is 71.6 Å². The largest absolute Gasteiger partial charge is 0.369 e. The van der Waals surface area contributed by atoms with Gasteiger partial charge in [-0.15, -0.1) is 0 Å². The molecule has 0 fully saturated rings. The second-order valence-corrected chi connectivity index (χ2v) is 6.38. The highest BCUT2D eigenvalue weighted by Gasteiger charge is 2.36. The highest BCUT2D eigenvalue weighted by molar-refractivity contribution is 6.30. The number of aromatic nitrogens is 1. The van der Waals surface area contributed by atoms with Crippen molar-refractivity contribution in [3.63, 3.8) is 0 Å². The van der Waals surface area contributed by atoms with Crippen molar-refractivity contribution in [2.75, 3.05) is 7.05 Å². The average molecular weight is 347 g/mol. The first-order chi connectivity index (χ1) is 11.3. The number of hydrogen-bond donors (Lipinski definition) is 1. The number of rotatable bonds is 2. The normalized spacial score (nSPS) is 20.9. The molecule has 0 radical (unpaired) electrons. The van der Waals surface area contributed by atoms with E-state index in [4.69, 9.17) is 17.3 Å². The van der Waals surface area contributed by atoms with E-state index in [1.807, 2.05) is 13.0 Å². The van der Waals surface area contributed by atoms with Crippen molar-refractivity contribution in [1.29, 1.82) is 0 Å². The molecule has 2 N–H and O–H groups in total. The maximum atomic E-state index is 14.0. The first kappa shape index (κ1) is 16.4. The molecule has 1 aliphatic heterocycles. The van der Waals surface area contributed by atoms with Crippen molar-refractivity contribution in [3.8, 4) is 11.1 Å². The lowest BCUT2D eigenvalue weighted by Crippen LogP contribution is -2.47. The molecule has 0 spiro atoms. The highest BCUT2D eigenvalue weighted by atomic mass is 35.5. The van der Waals surface area contributed by atoms with Crippen LogP contribution in [0.25, 0.3) is 11.1 Å². The molecule has 3 rings (SSSR count). The van der Waals surface area contributed by atoms with Gasteiger partial charge >= 0.3 is 0 Å². The van der Waals surface area contributed by atoms with Gasteiger partial charge < -0.3 is 5.73 Å². The van der Waals surface area contributed by atoms with Crippen LogP contribution in [-0.4, -0.2) is 28.8 Å². The van der Waals surface area contributed by atoms with Crippen LogP contribution >= 0.6 is 11.6 Å². The second kappa shape index (κ2) is 5.87. The van der Waals surface area contributed by atoms with Crippen molar-refractivity contribution in [1.82, 2.24) is 9.88 Å². The fourth-order valence-corrected chi connectivity index (χ4v) is 2.88. The highest BCUT2D eigenvalue weighted by Crippen LogP contribution is 2.35. The van der Waals surface area contributed by atoms with Crippen LogP contribution in [0, 0.1) is 5.95 Å². The van der Waals surface area contributed by atoms with Gasteiger partial charge in [-0.05, 0) is 30.2 Å². The minimum atomic E-state index is -0.799. The smallest absolute Gasteiger partial charge is 0.231 e. The van der Waals surface area contributed by atoms with Gasteiger partial charge in [-0.25, -0.2) is 9.98 Å². The first-order valence-electron chi connectivity index (χ1n) is 7.34. The first-order valence-corrected chi connectivity index (χ1v) is 7.72. The molecule has 1 unspecified atom stereocenters. The molecule has 2 heterocycles. The molecule has 1 aromatic carbocycles. The Morgan fingerprint density at radius 3 is 2.83 bits per heavy atom. The zero-order valence-corrected chi connectivity index (χ0v) is 14.0. The Morgan fingerprint density at radius 1 is 1.38 bits per heavy atom. The van der Waals surface area contributed by atoms with Crippen molar-refractivity contribution >= 4 is 23.5 Å². The van der Waals surface area contributed by atoms with E-state index in [-0.39, 0.29) is 18.3 Å². The molecule has 5 nitrogen and oxygen atoms in total. The SMILES string of the molecule is CN1C(=O)CC(C)(c2cccc(-c3cc(Cl)cnc3F)c2)N=C1N. The molecule has 1 aromatic heterocycles. The predicted molar refractivity (Wildman–Crippen MR) is 91.0 cm³/mol. The molecular formula is C17H16ClFN4O. The van der Waals surface area contributed by atoms with E-state index in [1.165, 1.54) is 17.2 Å². The van der Waals surface area contributed by atoms with Crippen LogP contribution in [0.15, 0.2) is 41.5 Å². The Morgan fingerprint density at radius 2 is 2.12 bits per heavy atom. The van der Waals surface area contributed by atoms with Crippen molar-refractivity contribution in [3.05, 3.63) is 53.1 Å². The summed E-state index contributed by atoms with van der Waals surface area (Å²) in [7, 11) is 1.59. The number of hydrogen-bond acceptors (Lipinski definition) is 4. The predicted octanol–water partition coefficient (Wildman–Crippen LogP) is 2.93. The third kappa shape index (κ3) is 2.85. The van der Waals surface area contributed by atoms with E-state index < -0.39 is 11.5 Å². The van der Waals surface area contributed by atoms with Gasteiger partial charge in [0, 0.05) is 18.8 Å². The molecule has 1 amide bonds. The van der Waals surface area contributed by atoms with E-state index in [0.29, 0.717) is 16.1 Å². The summed E-state index contributed by atoms with van der Waals surface area (Å²) in [5, 5.41) is 0.347. The van der Waals surface area contributed by atoms with Crippen molar-refractivity contribution < 1.29 is 9.18 Å². The molecule has 0 saturated carbocycles. The zero-order chi connectivity index (χ0) is 17.5. The van der Waals surface area contributed by atoms with Crippen LogP contribution in [0.3, 0.4) is 0 Å². The number of benzene rings is 1. The number of nitrogens with two attached hydrogens (primary N) is 1. The maximum absolute atomic E-state index is 14.0. The molecule has 24 heavy (non-hydrogen) atoms. The van der Waals surface area contributed by atoms with Crippen LogP contribution in [0.5, 0.6) is 0 Å². The van der Waals surface area contributed by atoms with E-state index in [9.17, 15) is 9.18 Å². The molecule has 1 atom stereocenters. The Kier molecular flexibility index (Phi) is 4.01. The van der Waals surface area contributed by atoms with Gasteiger partial charge in [-0.1, -0.05) is 29.8 Å². The van der Waals surface area contributed by atoms with Gasteiger partial charge in [0.25, 0.3) is 0 Å². The summed E-state index contributed by atoms with van der Waals surface area (Å²) in [6, 6.07) is 8.68. The summed E-state index contributed by atoms with van der Waals surface area (Å²) in [5.74, 6) is -0.565. The fraction of sp³-hybridized carbons (Fsp3) is 0.235. The number of amides is 1. The summed E-state index contributed by atoms with van der Waals surface area (Å²) < 4.78 is 14.0. The third-order valence-corrected chi connectivity index (χ3v) is 4.38. The quantitative estimate of drug-likeness (QED) is 0.850. The molecule has 7 heteroatoms. The van der Waals surface area contributed by atoms with Crippen molar-refractivity contribution in [2.24, 2.45) is 10.7 Å². The molecule has 2 aromatic rings. The lowest BCUT2D eigenvalue weighted by atomic mass is 9.86. The Balaban J connectivity index is 2.08. The molecule has 124 valence electrons. The van der Waals surface area contributed by atoms with Gasteiger partial charge in [-0.3, -0.25) is 9.69 Å². The van der Waals surface area contributed by atoms with E-state index in [1.54, 1.807) is 25.2 Å². The van der Waals surface area contributed by atoms with Gasteiger partial charge in [0.15, 0.2) is 5.96 Å². The second-order valence-electron chi connectivity index (χ2n) is 5.95. The van der Waals surface area contributed by atoms with Crippen molar-refractivity contribution in [2.45, 2.75) is 18.9 Å². The molecule has 0 aliphatic carbocycles. The number of aliphatic imine (C=N–C) groups is 1. The van der Waals surface area contributed by atoms with E-state index in [2.05, 4.69) is 9.98 Å². The average Bonchev–Trinajstić information content (AvgIpc) is 2.55. The third-order valence-electron chi connectivity index (χ3n) is 4.18. The fourth-order valence-electron chi connectivity index (χ4n) is 2.72. The van der Waals surface area contributed by atoms with Gasteiger partial charge in [0.2, 0.25) is 11.9 Å². The summed E-state index contributed by atoms with van der Waals surface area (Å²) in [4.78, 5) is 21.5. The summed E-state index contributed by atoms with van der Waals surface area (Å²) >= 11 is 5.92. The summed E-state index contributed by atoms with van der Waals surface area (Å²) in [6.07, 6.45) is 1.44. The maximum Gasteiger partial charge on any atom is 0.231 e. The molecular weight excluding hydrogens is 331 g/mol. The Labute approximate surface area is 144 Å². The van der Waals surface area contributed by atoms with Gasteiger partial charge in [0.05, 0.1) is 17.0 Å². The van der Waals surface area contributed by atoms with Crippen LogP contribution in [0.1, 0.15) is 18.9 Å². The van der Waals surface area contributed by atoms with Crippen LogP contribution in [-0.2, 0) is 10.3 Å². The zero-order valence-electron chi connectivity index (χ0n) is 13.3. The van der Waals surface area contributed by atoms with Gasteiger partial charge in [-0.2, -0.15) is 4.39 Å². The van der Waals surface area contributed by atoms with E-state index >= 15 is 0 Å². The monoisotopic (exact) mass is 346 g/mol. The lowest BCUT2D eigenvalue weighted by Gasteiger charge is -2.33. The molecule has 1 aliphatic rings. The number of halogens is 2. The van der Waals surface area contributed by atoms with E-state index in [0.717, 1.165) is 5.56 Å². The summed E-state index contributed by atoms with van der Waals surface area (Å²) in [5.41, 5.74) is 6.72. The molecule has 0 saturated heterocycles.